The van der Waals surface area contributed by atoms with Crippen LogP contribution in [0.3, 0.4) is 0 Å². The van der Waals surface area contributed by atoms with E-state index in [1.54, 1.807) is 0 Å². The van der Waals surface area contributed by atoms with Crippen LogP contribution in [0.1, 0.15) is 28.9 Å². The molecule has 0 bridgehead atoms. The van der Waals surface area contributed by atoms with Crippen molar-refractivity contribution in [1.29, 1.82) is 0 Å². The number of imidazole rings is 1. The Morgan fingerprint density at radius 3 is 2.85 bits per heavy atom. The van der Waals surface area contributed by atoms with E-state index in [0.717, 1.165) is 29.9 Å². The first kappa shape index (κ1) is 16.8. The number of benzene rings is 2. The van der Waals surface area contributed by atoms with Gasteiger partial charge in [0.2, 0.25) is 5.91 Å². The van der Waals surface area contributed by atoms with Crippen LogP contribution in [0.4, 0.5) is 0 Å². The van der Waals surface area contributed by atoms with E-state index >= 15 is 0 Å². The molecule has 1 aliphatic rings. The molecule has 1 aromatic heterocycles. The minimum Gasteiger partial charge on any atom is -0.342 e. The summed E-state index contributed by atoms with van der Waals surface area (Å²) in [6.07, 6.45) is 1.09. The molecule has 0 fully saturated rings. The summed E-state index contributed by atoms with van der Waals surface area (Å²) >= 11 is 0. The van der Waals surface area contributed by atoms with Gasteiger partial charge >= 0.3 is 0 Å². The second kappa shape index (κ2) is 6.92. The van der Waals surface area contributed by atoms with Crippen molar-refractivity contribution in [2.75, 3.05) is 14.1 Å². The van der Waals surface area contributed by atoms with Gasteiger partial charge in [-0.25, -0.2) is 4.98 Å². The Hall–Kier alpha value is -2.66. The molecule has 2 aromatic carbocycles. The number of carbonyl (C=O) groups excluding carboxylic acids is 1. The van der Waals surface area contributed by atoms with Gasteiger partial charge in [-0.2, -0.15) is 0 Å². The molecule has 1 N–H and O–H groups in total. The highest BCUT2D eigenvalue weighted by atomic mass is 16.2. The summed E-state index contributed by atoms with van der Waals surface area (Å²) < 4.78 is 0. The average molecular weight is 348 g/mol. The van der Waals surface area contributed by atoms with E-state index < -0.39 is 0 Å². The lowest BCUT2D eigenvalue weighted by molar-refractivity contribution is -0.130. The van der Waals surface area contributed by atoms with Crippen LogP contribution in [0.2, 0.25) is 0 Å². The highest BCUT2D eigenvalue weighted by Crippen LogP contribution is 2.23. The standard InChI is InChI=1S/C21H24N4O/c1-24-13-16-8-7-15(11-17(16)14-24)12-25(2)21(26)10-9-20-22-18-5-3-4-6-19(18)23-20/h3-8,11H,9-10,12-14H2,1-2H3,(H,22,23). The van der Waals surface area contributed by atoms with Crippen LogP contribution in [0, 0.1) is 0 Å². The largest absolute Gasteiger partial charge is 0.342 e. The predicted octanol–water partition coefficient (Wildman–Crippen LogP) is 3.10. The van der Waals surface area contributed by atoms with Crippen molar-refractivity contribution in [2.45, 2.75) is 32.5 Å². The smallest absolute Gasteiger partial charge is 0.223 e. The minimum atomic E-state index is 0.142. The maximum absolute atomic E-state index is 12.5. The number of H-pyrrole nitrogens is 1. The number of aromatic amines is 1. The summed E-state index contributed by atoms with van der Waals surface area (Å²) in [4.78, 5) is 24.4. The van der Waals surface area contributed by atoms with Crippen LogP contribution in [0.25, 0.3) is 11.0 Å². The fourth-order valence-corrected chi connectivity index (χ4v) is 3.62. The van der Waals surface area contributed by atoms with Crippen LogP contribution < -0.4 is 0 Å². The number of para-hydroxylation sites is 2. The molecule has 0 aliphatic carbocycles. The summed E-state index contributed by atoms with van der Waals surface area (Å²) in [7, 11) is 4.01. The second-order valence-electron chi connectivity index (χ2n) is 7.23. The van der Waals surface area contributed by atoms with Crippen molar-refractivity contribution in [1.82, 2.24) is 19.8 Å². The Labute approximate surface area is 153 Å². The Morgan fingerprint density at radius 1 is 1.19 bits per heavy atom. The Bertz CT molecular complexity index is 913. The predicted molar refractivity (Wildman–Crippen MR) is 103 cm³/mol. The average Bonchev–Trinajstić information content (AvgIpc) is 3.20. The molecule has 5 heteroatoms. The maximum Gasteiger partial charge on any atom is 0.223 e. The Balaban J connectivity index is 1.35. The highest BCUT2D eigenvalue weighted by Gasteiger charge is 2.17. The first-order valence-electron chi connectivity index (χ1n) is 9.05. The van der Waals surface area contributed by atoms with Crippen molar-refractivity contribution >= 4 is 16.9 Å². The summed E-state index contributed by atoms with van der Waals surface area (Å²) in [5, 5.41) is 0. The quantitative estimate of drug-likeness (QED) is 0.771. The molecule has 0 saturated heterocycles. The molecule has 0 saturated carbocycles. The van der Waals surface area contributed by atoms with E-state index in [4.69, 9.17) is 0 Å². The van der Waals surface area contributed by atoms with Crippen LogP contribution >= 0.6 is 0 Å². The second-order valence-corrected chi connectivity index (χ2v) is 7.23. The van der Waals surface area contributed by atoms with Gasteiger partial charge in [0.25, 0.3) is 0 Å². The molecule has 0 spiro atoms. The zero-order valence-electron chi connectivity index (χ0n) is 15.3. The third kappa shape index (κ3) is 3.48. The van der Waals surface area contributed by atoms with E-state index in [-0.39, 0.29) is 5.91 Å². The normalized spacial score (nSPS) is 13.9. The number of aromatic nitrogens is 2. The van der Waals surface area contributed by atoms with Gasteiger partial charge in [0, 0.05) is 39.5 Å². The molecule has 4 rings (SSSR count). The molecule has 5 nitrogen and oxygen atoms in total. The monoisotopic (exact) mass is 348 g/mol. The number of rotatable bonds is 5. The van der Waals surface area contributed by atoms with Crippen LogP contribution in [-0.4, -0.2) is 39.8 Å². The van der Waals surface area contributed by atoms with Crippen LogP contribution in [0.15, 0.2) is 42.5 Å². The van der Waals surface area contributed by atoms with Gasteiger partial charge in [0.1, 0.15) is 5.82 Å². The molecule has 0 radical (unpaired) electrons. The van der Waals surface area contributed by atoms with Gasteiger partial charge in [-0.15, -0.1) is 0 Å². The van der Waals surface area contributed by atoms with Crippen LogP contribution in [0.5, 0.6) is 0 Å². The maximum atomic E-state index is 12.5. The van der Waals surface area contributed by atoms with Gasteiger partial charge in [-0.05, 0) is 35.9 Å². The Kier molecular flexibility index (Phi) is 4.47. The van der Waals surface area contributed by atoms with Gasteiger partial charge in [0.05, 0.1) is 11.0 Å². The number of carbonyl (C=O) groups is 1. The third-order valence-corrected chi connectivity index (χ3v) is 5.01. The third-order valence-electron chi connectivity index (χ3n) is 5.01. The summed E-state index contributed by atoms with van der Waals surface area (Å²) in [6.45, 7) is 2.66. The van der Waals surface area contributed by atoms with Crippen molar-refractivity contribution in [3.05, 3.63) is 65.0 Å². The molecule has 1 aliphatic heterocycles. The highest BCUT2D eigenvalue weighted by molar-refractivity contribution is 5.77. The van der Waals surface area contributed by atoms with E-state index in [1.807, 2.05) is 36.2 Å². The number of hydrogen-bond donors (Lipinski definition) is 1. The lowest BCUT2D eigenvalue weighted by Crippen LogP contribution is -2.26. The van der Waals surface area contributed by atoms with Crippen molar-refractivity contribution in [2.24, 2.45) is 0 Å². The number of aryl methyl sites for hydroxylation is 1. The van der Waals surface area contributed by atoms with Gasteiger partial charge < -0.3 is 9.88 Å². The number of amides is 1. The zero-order chi connectivity index (χ0) is 18.1. The summed E-state index contributed by atoms with van der Waals surface area (Å²) in [5.74, 6) is 1.01. The van der Waals surface area contributed by atoms with E-state index in [1.165, 1.54) is 16.7 Å². The summed E-state index contributed by atoms with van der Waals surface area (Å²) in [6, 6.07) is 14.5. The fraction of sp³-hybridized carbons (Fsp3) is 0.333. The lowest BCUT2D eigenvalue weighted by atomic mass is 10.1. The SMILES string of the molecule is CN1Cc2ccc(CN(C)C(=O)CCc3nc4ccccc4[nH]3)cc2C1. The van der Waals surface area contributed by atoms with Crippen molar-refractivity contribution in [3.8, 4) is 0 Å². The van der Waals surface area contributed by atoms with E-state index in [9.17, 15) is 4.79 Å². The lowest BCUT2D eigenvalue weighted by Gasteiger charge is -2.17. The minimum absolute atomic E-state index is 0.142. The molecule has 1 amide bonds. The van der Waals surface area contributed by atoms with E-state index in [2.05, 4.69) is 40.1 Å². The van der Waals surface area contributed by atoms with Gasteiger partial charge in [0.15, 0.2) is 0 Å². The zero-order valence-corrected chi connectivity index (χ0v) is 15.3. The Morgan fingerprint density at radius 2 is 2.00 bits per heavy atom. The fourth-order valence-electron chi connectivity index (χ4n) is 3.62. The molecule has 134 valence electrons. The van der Waals surface area contributed by atoms with Crippen molar-refractivity contribution in [3.63, 3.8) is 0 Å². The van der Waals surface area contributed by atoms with Crippen LogP contribution in [-0.2, 0) is 30.8 Å². The van der Waals surface area contributed by atoms with Crippen molar-refractivity contribution < 1.29 is 4.79 Å². The molecular weight excluding hydrogens is 324 g/mol. The molecule has 2 heterocycles. The number of nitrogens with zero attached hydrogens (tertiary/aromatic N) is 3. The molecule has 3 aromatic rings. The first-order chi connectivity index (χ1) is 12.6. The summed E-state index contributed by atoms with van der Waals surface area (Å²) in [5.41, 5.74) is 5.94. The molecular formula is C21H24N4O. The molecule has 0 unspecified atom stereocenters. The number of nitrogens with one attached hydrogen (secondary N) is 1. The molecule has 26 heavy (non-hydrogen) atoms. The number of hydrogen-bond acceptors (Lipinski definition) is 3. The molecule has 0 atom stereocenters. The van der Waals surface area contributed by atoms with E-state index in [0.29, 0.717) is 19.4 Å². The van der Waals surface area contributed by atoms with Gasteiger partial charge in [-0.1, -0.05) is 30.3 Å². The first-order valence-corrected chi connectivity index (χ1v) is 9.05. The number of fused-ring (bicyclic) bond motifs is 2. The van der Waals surface area contributed by atoms with Gasteiger partial charge in [-0.3, -0.25) is 9.69 Å². The topological polar surface area (TPSA) is 52.2 Å².